The second kappa shape index (κ2) is 10.9. The summed E-state index contributed by atoms with van der Waals surface area (Å²) in [5.41, 5.74) is -1.27. The average Bonchev–Trinajstić information content (AvgIpc) is 3.30. The number of cyclic esters (lactones) is 1. The van der Waals surface area contributed by atoms with Crippen LogP contribution in [-0.4, -0.2) is 82.3 Å². The molecule has 5 aliphatic rings. The number of ether oxygens (including phenoxy) is 2. The quantitative estimate of drug-likeness (QED) is 0.448. The van der Waals surface area contributed by atoms with Gasteiger partial charge < -0.3 is 24.4 Å². The van der Waals surface area contributed by atoms with E-state index in [9.17, 15) is 19.5 Å². The van der Waals surface area contributed by atoms with Gasteiger partial charge in [0, 0.05) is 12.6 Å². The van der Waals surface area contributed by atoms with E-state index in [1.165, 1.54) is 6.42 Å². The van der Waals surface area contributed by atoms with Gasteiger partial charge in [-0.05, 0) is 38.0 Å². The molecule has 0 aromatic heterocycles. The van der Waals surface area contributed by atoms with Gasteiger partial charge >= 0.3 is 5.97 Å². The molecule has 1 N–H and O–H groups in total. The molecule has 37 heavy (non-hydrogen) atoms. The van der Waals surface area contributed by atoms with Crippen molar-refractivity contribution in [1.82, 2.24) is 9.80 Å². The first kappa shape index (κ1) is 26.4. The summed E-state index contributed by atoms with van der Waals surface area (Å²) in [7, 11) is 0. The first-order valence-electron chi connectivity index (χ1n) is 14.4. The van der Waals surface area contributed by atoms with E-state index < -0.39 is 41.6 Å². The number of aliphatic hydroxyl groups is 1. The van der Waals surface area contributed by atoms with Crippen LogP contribution in [0.4, 0.5) is 0 Å². The van der Waals surface area contributed by atoms with Crippen molar-refractivity contribution in [3.05, 3.63) is 24.3 Å². The van der Waals surface area contributed by atoms with Crippen molar-refractivity contribution in [2.24, 2.45) is 17.8 Å². The molecule has 1 unspecified atom stereocenters. The van der Waals surface area contributed by atoms with Crippen LogP contribution in [0.5, 0.6) is 0 Å². The van der Waals surface area contributed by atoms with Crippen molar-refractivity contribution in [1.29, 1.82) is 0 Å². The minimum Gasteiger partial charge on any atom is -0.465 e. The van der Waals surface area contributed by atoms with Gasteiger partial charge in [-0.2, -0.15) is 0 Å². The molecule has 2 saturated heterocycles. The molecular formula is C29H42N2O6. The number of esters is 1. The maximum atomic E-state index is 14.5. The third-order valence-corrected chi connectivity index (χ3v) is 9.43. The summed E-state index contributed by atoms with van der Waals surface area (Å²) in [4.78, 5) is 45.8. The van der Waals surface area contributed by atoms with Gasteiger partial charge in [0.1, 0.15) is 17.6 Å². The van der Waals surface area contributed by atoms with Crippen molar-refractivity contribution >= 4 is 17.8 Å². The highest BCUT2D eigenvalue weighted by molar-refractivity contribution is 5.99. The highest BCUT2D eigenvalue weighted by Crippen LogP contribution is 2.54. The molecule has 1 spiro atoms. The number of amides is 2. The van der Waals surface area contributed by atoms with Gasteiger partial charge in [0.15, 0.2) is 0 Å². The first-order chi connectivity index (χ1) is 17.9. The second-order valence-electron chi connectivity index (χ2n) is 11.5. The van der Waals surface area contributed by atoms with Gasteiger partial charge in [0.05, 0.1) is 31.3 Å². The van der Waals surface area contributed by atoms with E-state index in [1.54, 1.807) is 4.90 Å². The molecule has 3 fully saturated rings. The Labute approximate surface area is 220 Å². The molecule has 2 amide bonds. The summed E-state index contributed by atoms with van der Waals surface area (Å²) in [5.74, 6) is -2.59. The number of allylic oxidation sites excluding steroid dienone is 1. The summed E-state index contributed by atoms with van der Waals surface area (Å²) in [6.45, 7) is 4.54. The zero-order valence-corrected chi connectivity index (χ0v) is 22.2. The smallest absolute Gasteiger partial charge is 0.312 e. The molecule has 7 atom stereocenters. The number of nitrogens with zero attached hydrogens (tertiary/aromatic N) is 2. The van der Waals surface area contributed by atoms with Gasteiger partial charge in [-0.15, -0.1) is 0 Å². The average molecular weight is 515 g/mol. The predicted octanol–water partition coefficient (Wildman–Crippen LogP) is 2.99. The van der Waals surface area contributed by atoms with Gasteiger partial charge in [-0.3, -0.25) is 14.4 Å². The molecule has 4 aliphatic heterocycles. The molecule has 0 radical (unpaired) electrons. The molecule has 0 aromatic rings. The van der Waals surface area contributed by atoms with Crippen LogP contribution in [0.2, 0.25) is 0 Å². The minimum atomic E-state index is -1.27. The molecule has 1 aliphatic carbocycles. The summed E-state index contributed by atoms with van der Waals surface area (Å²) in [6, 6.07) is -1.34. The predicted molar refractivity (Wildman–Crippen MR) is 137 cm³/mol. The zero-order valence-electron chi connectivity index (χ0n) is 22.2. The number of carbonyl (C=O) groups excluding carboxylic acids is 3. The number of carbonyl (C=O) groups is 3. The first-order valence-corrected chi connectivity index (χ1v) is 14.4. The van der Waals surface area contributed by atoms with Crippen molar-refractivity contribution in [2.75, 3.05) is 19.8 Å². The maximum absolute atomic E-state index is 14.5. The normalized spacial score (nSPS) is 37.3. The highest BCUT2D eigenvalue weighted by Gasteiger charge is 2.72. The Morgan fingerprint density at radius 2 is 1.86 bits per heavy atom. The Bertz CT molecular complexity index is 943. The monoisotopic (exact) mass is 514 g/mol. The largest absolute Gasteiger partial charge is 0.465 e. The van der Waals surface area contributed by atoms with Crippen LogP contribution in [-0.2, 0) is 23.9 Å². The maximum Gasteiger partial charge on any atom is 0.312 e. The van der Waals surface area contributed by atoms with Gasteiger partial charge in [0.2, 0.25) is 11.8 Å². The molecule has 0 aromatic carbocycles. The fourth-order valence-electron chi connectivity index (χ4n) is 7.27. The van der Waals surface area contributed by atoms with E-state index in [0.717, 1.165) is 51.4 Å². The summed E-state index contributed by atoms with van der Waals surface area (Å²) >= 11 is 0. The lowest BCUT2D eigenvalue weighted by molar-refractivity contribution is -0.157. The van der Waals surface area contributed by atoms with Gasteiger partial charge in [-0.1, -0.05) is 63.8 Å². The molecule has 4 heterocycles. The van der Waals surface area contributed by atoms with Crippen LogP contribution >= 0.6 is 0 Å². The van der Waals surface area contributed by atoms with E-state index in [0.29, 0.717) is 13.2 Å². The molecule has 204 valence electrons. The van der Waals surface area contributed by atoms with E-state index >= 15 is 0 Å². The van der Waals surface area contributed by atoms with Crippen molar-refractivity contribution in [3.8, 4) is 0 Å². The Balaban J connectivity index is 1.61. The third-order valence-electron chi connectivity index (χ3n) is 9.43. The fourth-order valence-corrected chi connectivity index (χ4v) is 7.27. The van der Waals surface area contributed by atoms with Gasteiger partial charge in [-0.25, -0.2) is 0 Å². The third kappa shape index (κ3) is 4.44. The molecule has 1 saturated carbocycles. The molecule has 5 rings (SSSR count). The van der Waals surface area contributed by atoms with Gasteiger partial charge in [0.25, 0.3) is 0 Å². The van der Waals surface area contributed by atoms with Crippen LogP contribution in [0.1, 0.15) is 71.6 Å². The molecule has 8 nitrogen and oxygen atoms in total. The standard InChI is InChI=1S/C29H42N2O6/c1-3-19(2)21(18-32)31-25-27(34)30(20-12-7-6-8-13-20)16-11-15-29(25)24(26(31)33)23-22(37-29)14-9-4-5-10-17-36-28(23)35/h9,11,14-15,19-25,32H,3-8,10,12-13,16-18H2,1-2H3/b14-9-/t19-,21-,22-,23+,24-,25?,29-/m0/s1. The number of aliphatic hydroxyl groups excluding tert-OH is 1. The second-order valence-corrected chi connectivity index (χ2v) is 11.5. The Morgan fingerprint density at radius 1 is 1.08 bits per heavy atom. The van der Waals surface area contributed by atoms with Crippen LogP contribution in [0.25, 0.3) is 0 Å². The minimum absolute atomic E-state index is 0.0281. The topological polar surface area (TPSA) is 96.4 Å². The van der Waals surface area contributed by atoms with Crippen molar-refractivity contribution in [3.63, 3.8) is 0 Å². The number of fused-ring (bicyclic) bond motifs is 2. The lowest BCUT2D eigenvalue weighted by Crippen LogP contribution is -2.60. The van der Waals surface area contributed by atoms with E-state index in [-0.39, 0.29) is 30.4 Å². The Kier molecular flexibility index (Phi) is 7.78. The van der Waals surface area contributed by atoms with Crippen molar-refractivity contribution in [2.45, 2.75) is 101 Å². The molecule has 0 bridgehead atoms. The van der Waals surface area contributed by atoms with Crippen molar-refractivity contribution < 1.29 is 29.0 Å². The summed E-state index contributed by atoms with van der Waals surface area (Å²) in [5, 5.41) is 10.5. The lowest BCUT2D eigenvalue weighted by Gasteiger charge is -2.42. The molecule has 8 heteroatoms. The van der Waals surface area contributed by atoms with E-state index in [1.807, 2.05) is 43.1 Å². The number of rotatable bonds is 5. The Morgan fingerprint density at radius 3 is 2.59 bits per heavy atom. The van der Waals surface area contributed by atoms with E-state index in [4.69, 9.17) is 9.47 Å². The highest BCUT2D eigenvalue weighted by atomic mass is 16.6. The lowest BCUT2D eigenvalue weighted by atomic mass is 9.77. The summed E-state index contributed by atoms with van der Waals surface area (Å²) < 4.78 is 12.3. The molecular weight excluding hydrogens is 472 g/mol. The van der Waals surface area contributed by atoms with Crippen LogP contribution in [0.3, 0.4) is 0 Å². The number of likely N-dealkylation sites (tertiary alicyclic amines) is 1. The zero-order chi connectivity index (χ0) is 26.2. The Hall–Kier alpha value is -2.19. The fraction of sp³-hybridized carbons (Fsp3) is 0.759. The van der Waals surface area contributed by atoms with Crippen LogP contribution in [0.15, 0.2) is 24.3 Å². The van der Waals surface area contributed by atoms with E-state index in [2.05, 4.69) is 0 Å². The SMILES string of the molecule is CC[C@H](C)[C@H](CO)N1C(=O)[C@@H]2[C@@H]3C(=O)OCCCC/C=C\[C@@H]3O[C@@]23C=CCN(C2CCCCC2)C(=O)C13. The summed E-state index contributed by atoms with van der Waals surface area (Å²) in [6.07, 6.45) is 15.6. The van der Waals surface area contributed by atoms with Crippen LogP contribution < -0.4 is 0 Å². The van der Waals surface area contributed by atoms with Crippen LogP contribution in [0, 0.1) is 17.8 Å². The number of hydrogen-bond donors (Lipinski definition) is 1. The number of hydrogen-bond acceptors (Lipinski definition) is 6.